The van der Waals surface area contributed by atoms with Crippen molar-refractivity contribution in [2.45, 2.75) is 38.0 Å². The molecule has 2 N–H and O–H groups in total. The Hall–Kier alpha value is -1.60. The maximum Gasteiger partial charge on any atom is 0.416 e. The fourth-order valence-corrected chi connectivity index (χ4v) is 2.06. The minimum absolute atomic E-state index is 0.160. The highest BCUT2D eigenvalue weighted by molar-refractivity contribution is 5.87. The number of ether oxygens (including phenoxy) is 1. The molecule has 23 heavy (non-hydrogen) atoms. The molecule has 0 bridgehead atoms. The van der Waals surface area contributed by atoms with Crippen molar-refractivity contribution in [3.05, 3.63) is 35.4 Å². The zero-order valence-corrected chi connectivity index (χ0v) is 13.4. The molecule has 0 aromatic heterocycles. The van der Waals surface area contributed by atoms with Gasteiger partial charge in [0.25, 0.3) is 0 Å². The Labute approximate surface area is 133 Å². The zero-order valence-electron chi connectivity index (χ0n) is 13.4. The van der Waals surface area contributed by atoms with E-state index in [2.05, 4.69) is 5.32 Å². The second-order valence-corrected chi connectivity index (χ2v) is 5.86. The van der Waals surface area contributed by atoms with Gasteiger partial charge in [0, 0.05) is 13.7 Å². The van der Waals surface area contributed by atoms with E-state index in [0.29, 0.717) is 6.42 Å². The van der Waals surface area contributed by atoms with Gasteiger partial charge in [0.05, 0.1) is 23.7 Å². The lowest BCUT2D eigenvalue weighted by Gasteiger charge is -2.25. The Morgan fingerprint density at radius 3 is 2.48 bits per heavy atom. The van der Waals surface area contributed by atoms with Crippen LogP contribution in [-0.4, -0.2) is 37.4 Å². The highest BCUT2D eigenvalue weighted by Crippen LogP contribution is 2.32. The lowest BCUT2D eigenvalue weighted by atomic mass is 9.83. The lowest BCUT2D eigenvalue weighted by Crippen LogP contribution is -2.41. The smallest absolute Gasteiger partial charge is 0.391 e. The molecule has 0 heterocycles. The Morgan fingerprint density at radius 2 is 1.91 bits per heavy atom. The van der Waals surface area contributed by atoms with E-state index in [-0.39, 0.29) is 18.7 Å². The third-order valence-electron chi connectivity index (χ3n) is 3.60. The van der Waals surface area contributed by atoms with Crippen LogP contribution >= 0.6 is 0 Å². The average Bonchev–Trinajstić information content (AvgIpc) is 2.46. The van der Waals surface area contributed by atoms with Crippen molar-refractivity contribution in [2.24, 2.45) is 0 Å². The van der Waals surface area contributed by atoms with Gasteiger partial charge in [-0.2, -0.15) is 13.2 Å². The first-order chi connectivity index (χ1) is 10.6. The van der Waals surface area contributed by atoms with Crippen molar-refractivity contribution >= 4 is 5.91 Å². The number of aliphatic hydroxyl groups excluding tert-OH is 1. The maximum absolute atomic E-state index is 12.8. The van der Waals surface area contributed by atoms with Gasteiger partial charge in [-0.05, 0) is 31.9 Å². The summed E-state index contributed by atoms with van der Waals surface area (Å²) in [4.78, 5) is 12.3. The fraction of sp³-hybridized carbons (Fsp3) is 0.562. The highest BCUT2D eigenvalue weighted by atomic mass is 19.4. The summed E-state index contributed by atoms with van der Waals surface area (Å²) >= 11 is 0. The molecule has 0 fully saturated rings. The predicted octanol–water partition coefficient (Wildman–Crippen LogP) is 2.50. The summed E-state index contributed by atoms with van der Waals surface area (Å²) in [7, 11) is 1.46. The maximum atomic E-state index is 12.8. The fourth-order valence-electron chi connectivity index (χ4n) is 2.06. The molecule has 1 unspecified atom stereocenters. The Kier molecular flexibility index (Phi) is 6.58. The van der Waals surface area contributed by atoms with E-state index in [1.165, 1.54) is 19.2 Å². The quantitative estimate of drug-likeness (QED) is 0.806. The van der Waals surface area contributed by atoms with Crippen molar-refractivity contribution in [3.8, 4) is 0 Å². The van der Waals surface area contributed by atoms with Crippen LogP contribution in [0.1, 0.15) is 31.4 Å². The Bertz CT molecular complexity index is 530. The second kappa shape index (κ2) is 7.79. The number of amides is 1. The molecular formula is C16H22F3NO3. The second-order valence-electron chi connectivity index (χ2n) is 5.86. The summed E-state index contributed by atoms with van der Waals surface area (Å²) < 4.78 is 43.1. The molecule has 1 amide bonds. The molecule has 1 rings (SSSR count). The van der Waals surface area contributed by atoms with Gasteiger partial charge in [-0.1, -0.05) is 18.2 Å². The van der Waals surface area contributed by atoms with Crippen LogP contribution in [0.4, 0.5) is 13.2 Å². The molecule has 0 aliphatic heterocycles. The van der Waals surface area contributed by atoms with Crippen molar-refractivity contribution in [3.63, 3.8) is 0 Å². The number of alkyl halides is 3. The topological polar surface area (TPSA) is 58.6 Å². The molecule has 0 spiro atoms. The van der Waals surface area contributed by atoms with E-state index in [0.717, 1.165) is 12.1 Å². The van der Waals surface area contributed by atoms with Crippen molar-refractivity contribution in [2.75, 3.05) is 20.3 Å². The van der Waals surface area contributed by atoms with Crippen molar-refractivity contribution < 1.29 is 27.8 Å². The van der Waals surface area contributed by atoms with Crippen molar-refractivity contribution in [1.29, 1.82) is 0 Å². The number of nitrogens with one attached hydrogen (secondary N) is 1. The van der Waals surface area contributed by atoms with E-state index < -0.39 is 29.2 Å². The number of halogens is 3. The third kappa shape index (κ3) is 5.51. The minimum Gasteiger partial charge on any atom is -0.391 e. The summed E-state index contributed by atoms with van der Waals surface area (Å²) in [5.74, 6) is -0.401. The molecule has 0 aliphatic rings. The van der Waals surface area contributed by atoms with Gasteiger partial charge >= 0.3 is 6.18 Å². The predicted molar refractivity (Wildman–Crippen MR) is 80.0 cm³/mol. The SMILES string of the molecule is COCC(O)CCNC(=O)C(C)(C)c1cccc(C(F)(F)F)c1. The van der Waals surface area contributed by atoms with Crippen LogP contribution in [0.25, 0.3) is 0 Å². The molecule has 1 aromatic carbocycles. The standard InChI is InChI=1S/C16H22F3NO3/c1-15(2,14(22)20-8-7-13(21)10-23-3)11-5-4-6-12(9-11)16(17,18)19/h4-6,9,13,21H,7-8,10H2,1-3H3,(H,20,22). The van der Waals surface area contributed by atoms with Crippen LogP contribution in [0.15, 0.2) is 24.3 Å². The normalized spacial score (nSPS) is 13.7. The van der Waals surface area contributed by atoms with E-state index in [1.54, 1.807) is 13.8 Å². The number of hydrogen-bond acceptors (Lipinski definition) is 3. The van der Waals surface area contributed by atoms with Crippen LogP contribution in [-0.2, 0) is 21.1 Å². The first-order valence-corrected chi connectivity index (χ1v) is 7.22. The van der Waals surface area contributed by atoms with E-state index in [1.807, 2.05) is 0 Å². The molecular weight excluding hydrogens is 311 g/mol. The molecule has 0 saturated carbocycles. The van der Waals surface area contributed by atoms with Gasteiger partial charge in [-0.25, -0.2) is 0 Å². The Morgan fingerprint density at radius 1 is 1.30 bits per heavy atom. The highest BCUT2D eigenvalue weighted by Gasteiger charge is 2.34. The Balaban J connectivity index is 2.76. The molecule has 7 heteroatoms. The van der Waals surface area contributed by atoms with Gasteiger partial charge in [-0.15, -0.1) is 0 Å². The van der Waals surface area contributed by atoms with Gasteiger partial charge in [0.1, 0.15) is 0 Å². The van der Waals surface area contributed by atoms with Gasteiger partial charge in [-0.3, -0.25) is 4.79 Å². The molecule has 130 valence electrons. The van der Waals surface area contributed by atoms with E-state index in [9.17, 15) is 23.1 Å². The van der Waals surface area contributed by atoms with Crippen LogP contribution in [0.3, 0.4) is 0 Å². The summed E-state index contributed by atoms with van der Waals surface area (Å²) in [6, 6.07) is 4.74. The minimum atomic E-state index is -4.45. The van der Waals surface area contributed by atoms with Crippen LogP contribution in [0.2, 0.25) is 0 Å². The molecule has 1 aromatic rings. The number of rotatable bonds is 7. The summed E-state index contributed by atoms with van der Waals surface area (Å²) in [5.41, 5.74) is -1.62. The number of aliphatic hydroxyl groups is 1. The number of carbonyl (C=O) groups is 1. The van der Waals surface area contributed by atoms with Gasteiger partial charge in [0.2, 0.25) is 5.91 Å². The zero-order chi connectivity index (χ0) is 17.7. The van der Waals surface area contributed by atoms with E-state index >= 15 is 0 Å². The summed E-state index contributed by atoms with van der Waals surface area (Å²) in [6.45, 7) is 3.49. The molecule has 0 radical (unpaired) electrons. The van der Waals surface area contributed by atoms with Crippen LogP contribution in [0, 0.1) is 0 Å². The molecule has 0 saturated heterocycles. The van der Waals surface area contributed by atoms with Crippen LogP contribution in [0.5, 0.6) is 0 Å². The number of methoxy groups -OCH3 is 1. The van der Waals surface area contributed by atoms with Gasteiger partial charge < -0.3 is 15.2 Å². The van der Waals surface area contributed by atoms with Crippen molar-refractivity contribution in [1.82, 2.24) is 5.32 Å². The first-order valence-electron chi connectivity index (χ1n) is 7.22. The van der Waals surface area contributed by atoms with E-state index in [4.69, 9.17) is 4.74 Å². The van der Waals surface area contributed by atoms with Crippen LogP contribution < -0.4 is 5.32 Å². The van der Waals surface area contributed by atoms with Gasteiger partial charge in [0.15, 0.2) is 0 Å². The molecule has 0 aliphatic carbocycles. The number of carbonyl (C=O) groups excluding carboxylic acids is 1. The third-order valence-corrected chi connectivity index (χ3v) is 3.60. The molecule has 1 atom stereocenters. The largest absolute Gasteiger partial charge is 0.416 e. The summed E-state index contributed by atoms with van der Waals surface area (Å²) in [5, 5.41) is 12.1. The summed E-state index contributed by atoms with van der Waals surface area (Å²) in [6.07, 6.45) is -4.84. The number of hydrogen-bond donors (Lipinski definition) is 2. The molecule has 4 nitrogen and oxygen atoms in total. The average molecular weight is 333 g/mol. The number of benzene rings is 1. The monoisotopic (exact) mass is 333 g/mol. The first kappa shape index (κ1) is 19.4. The lowest BCUT2D eigenvalue weighted by molar-refractivity contribution is -0.138.